The molecule has 1 aromatic carbocycles. The van der Waals surface area contributed by atoms with E-state index in [-0.39, 0.29) is 17.2 Å². The zero-order valence-electron chi connectivity index (χ0n) is 11.7. The summed E-state index contributed by atoms with van der Waals surface area (Å²) in [7, 11) is -1.26. The van der Waals surface area contributed by atoms with Crippen LogP contribution in [0.5, 0.6) is 0 Å². The Labute approximate surface area is 133 Å². The highest BCUT2D eigenvalue weighted by molar-refractivity contribution is 7.85. The molecule has 8 heteroatoms. The van der Waals surface area contributed by atoms with Crippen molar-refractivity contribution in [3.63, 3.8) is 0 Å². The van der Waals surface area contributed by atoms with Crippen LogP contribution in [-0.2, 0) is 22.1 Å². The summed E-state index contributed by atoms with van der Waals surface area (Å²) < 4.78 is 17.1. The first-order valence-electron chi connectivity index (χ1n) is 6.39. The molecule has 6 nitrogen and oxygen atoms in total. The fourth-order valence-electron chi connectivity index (χ4n) is 1.75. The van der Waals surface area contributed by atoms with Gasteiger partial charge >= 0.3 is 11.0 Å². The van der Waals surface area contributed by atoms with Crippen molar-refractivity contribution in [1.29, 1.82) is 0 Å². The number of thiophene rings is 1. The molecule has 22 heavy (non-hydrogen) atoms. The molecule has 0 radical (unpaired) electrons. The van der Waals surface area contributed by atoms with Crippen molar-refractivity contribution in [3.8, 4) is 0 Å². The van der Waals surface area contributed by atoms with Gasteiger partial charge in [0.1, 0.15) is 6.61 Å². The third-order valence-electron chi connectivity index (χ3n) is 2.80. The molecule has 0 saturated heterocycles. The second-order valence-corrected chi connectivity index (χ2v) is 6.85. The molecule has 0 fully saturated rings. The van der Waals surface area contributed by atoms with Gasteiger partial charge in [-0.25, -0.2) is 4.79 Å². The summed E-state index contributed by atoms with van der Waals surface area (Å²) in [6, 6.07) is 7.94. The Hall–Kier alpha value is -2.06. The van der Waals surface area contributed by atoms with Gasteiger partial charge in [-0.05, 0) is 12.1 Å². The third-order valence-corrected chi connectivity index (χ3v) is 5.10. The molecule has 0 N–H and O–H groups in total. The van der Waals surface area contributed by atoms with Crippen molar-refractivity contribution in [3.05, 3.63) is 57.0 Å². The molecule has 0 amide bonds. The van der Waals surface area contributed by atoms with E-state index < -0.39 is 21.7 Å². The topological polar surface area (TPSA) is 86.5 Å². The molecule has 0 spiro atoms. The van der Waals surface area contributed by atoms with Crippen molar-refractivity contribution in [1.82, 2.24) is 0 Å². The Morgan fingerprint density at radius 3 is 2.77 bits per heavy atom. The van der Waals surface area contributed by atoms with Crippen LogP contribution >= 0.6 is 11.3 Å². The molecular formula is C14H13NO5S2. The lowest BCUT2D eigenvalue weighted by Gasteiger charge is -2.08. The molecule has 1 aromatic heterocycles. The largest absolute Gasteiger partial charge is 0.457 e. The van der Waals surface area contributed by atoms with Gasteiger partial charge in [0.15, 0.2) is 0 Å². The van der Waals surface area contributed by atoms with E-state index >= 15 is 0 Å². The minimum Gasteiger partial charge on any atom is -0.457 e. The number of nitro groups is 1. The maximum atomic E-state index is 12.1. The molecule has 0 bridgehead atoms. The quantitative estimate of drug-likeness (QED) is 0.458. The molecule has 0 aliphatic rings. The monoisotopic (exact) mass is 339 g/mol. The van der Waals surface area contributed by atoms with E-state index in [1.807, 2.05) is 0 Å². The van der Waals surface area contributed by atoms with Crippen LogP contribution < -0.4 is 0 Å². The zero-order chi connectivity index (χ0) is 16.1. The first-order chi connectivity index (χ1) is 10.5. The van der Waals surface area contributed by atoms with Gasteiger partial charge in [0.05, 0.1) is 26.2 Å². The lowest BCUT2D eigenvalue weighted by molar-refractivity contribution is -0.380. The average molecular weight is 339 g/mol. The predicted molar refractivity (Wildman–Crippen MR) is 83.5 cm³/mol. The molecule has 1 heterocycles. The number of esters is 1. The van der Waals surface area contributed by atoms with Gasteiger partial charge in [0, 0.05) is 22.8 Å². The van der Waals surface area contributed by atoms with Crippen LogP contribution in [0.1, 0.15) is 22.8 Å². The second kappa shape index (κ2) is 7.28. The Kier molecular flexibility index (Phi) is 5.40. The molecule has 0 aliphatic heterocycles. The number of carbonyl (C=O) groups excluding carboxylic acids is 1. The first kappa shape index (κ1) is 16.3. The van der Waals surface area contributed by atoms with Crippen LogP contribution in [-0.4, -0.2) is 20.9 Å². The van der Waals surface area contributed by atoms with E-state index in [0.29, 0.717) is 16.2 Å². The summed E-state index contributed by atoms with van der Waals surface area (Å²) in [5.41, 5.74) is 0.812. The van der Waals surface area contributed by atoms with Crippen molar-refractivity contribution in [2.75, 3.05) is 5.75 Å². The fourth-order valence-corrected chi connectivity index (χ4v) is 3.40. The summed E-state index contributed by atoms with van der Waals surface area (Å²) in [6.45, 7) is 1.71. The summed E-state index contributed by atoms with van der Waals surface area (Å²) in [5.74, 6) is -0.188. The van der Waals surface area contributed by atoms with Gasteiger partial charge in [0.25, 0.3) is 0 Å². The molecule has 2 aromatic rings. The van der Waals surface area contributed by atoms with Gasteiger partial charge in [-0.1, -0.05) is 30.4 Å². The first-order valence-corrected chi connectivity index (χ1v) is 8.59. The van der Waals surface area contributed by atoms with Crippen LogP contribution in [0.15, 0.2) is 40.6 Å². The molecule has 1 atom stereocenters. The van der Waals surface area contributed by atoms with Crippen molar-refractivity contribution in [2.45, 2.75) is 18.4 Å². The highest BCUT2D eigenvalue weighted by Gasteiger charge is 2.17. The minimum absolute atomic E-state index is 0.00136. The van der Waals surface area contributed by atoms with E-state index in [1.54, 1.807) is 36.6 Å². The molecule has 0 saturated carbocycles. The highest BCUT2D eigenvalue weighted by atomic mass is 32.2. The molecule has 0 aliphatic carbocycles. The van der Waals surface area contributed by atoms with Gasteiger partial charge < -0.3 is 4.74 Å². The maximum Gasteiger partial charge on any atom is 0.339 e. The van der Waals surface area contributed by atoms with Crippen molar-refractivity contribution in [2.24, 2.45) is 0 Å². The predicted octanol–water partition coefficient (Wildman–Crippen LogP) is 3.14. The zero-order valence-corrected chi connectivity index (χ0v) is 13.3. The Bertz CT molecular complexity index is 726. The van der Waals surface area contributed by atoms with Crippen LogP contribution in [0.25, 0.3) is 0 Å². The van der Waals surface area contributed by atoms with Crippen LogP contribution in [0.4, 0.5) is 5.00 Å². The number of benzene rings is 1. The second-order valence-electron chi connectivity index (χ2n) is 4.26. The van der Waals surface area contributed by atoms with E-state index in [2.05, 4.69) is 0 Å². The molecule has 1 unspecified atom stereocenters. The number of hydrogen-bond donors (Lipinski definition) is 0. The van der Waals surface area contributed by atoms with Crippen LogP contribution in [0.2, 0.25) is 0 Å². The smallest absolute Gasteiger partial charge is 0.339 e. The van der Waals surface area contributed by atoms with E-state index in [0.717, 1.165) is 11.3 Å². The Morgan fingerprint density at radius 1 is 1.41 bits per heavy atom. The number of rotatable bonds is 6. The number of hydrogen-bond acceptors (Lipinski definition) is 6. The van der Waals surface area contributed by atoms with Gasteiger partial charge in [-0.3, -0.25) is 14.3 Å². The van der Waals surface area contributed by atoms with E-state index in [4.69, 9.17) is 4.74 Å². The van der Waals surface area contributed by atoms with Gasteiger partial charge in [-0.15, -0.1) is 0 Å². The van der Waals surface area contributed by atoms with Gasteiger partial charge in [-0.2, -0.15) is 0 Å². The lowest BCUT2D eigenvalue weighted by Crippen LogP contribution is -2.09. The summed E-state index contributed by atoms with van der Waals surface area (Å²) in [6.07, 6.45) is 0. The standard InChI is InChI=1S/C14H13NO5S2/c1-2-22(19)12-6-4-3-5-11(12)14(16)20-8-10-7-13(15(17)18)21-9-10/h3-7,9H,2,8H2,1H3. The molecular weight excluding hydrogens is 326 g/mol. The normalized spacial score (nSPS) is 11.9. The third kappa shape index (κ3) is 3.77. The molecule has 2 rings (SSSR count). The van der Waals surface area contributed by atoms with Crippen molar-refractivity contribution < 1.29 is 18.7 Å². The van der Waals surface area contributed by atoms with E-state index in [1.165, 1.54) is 6.07 Å². The maximum absolute atomic E-state index is 12.1. The number of ether oxygens (including phenoxy) is 1. The Morgan fingerprint density at radius 2 is 2.14 bits per heavy atom. The SMILES string of the molecule is CCS(=O)c1ccccc1C(=O)OCc1csc([N+](=O)[O-])c1. The number of carbonyl (C=O) groups is 1. The fraction of sp³-hybridized carbons (Fsp3) is 0.214. The summed E-state index contributed by atoms with van der Waals surface area (Å²) >= 11 is 0.978. The summed E-state index contributed by atoms with van der Waals surface area (Å²) in [5, 5.41) is 12.2. The van der Waals surface area contributed by atoms with E-state index in [9.17, 15) is 19.1 Å². The van der Waals surface area contributed by atoms with Gasteiger partial charge in [0.2, 0.25) is 0 Å². The Balaban J connectivity index is 2.09. The minimum atomic E-state index is -1.26. The lowest BCUT2D eigenvalue weighted by atomic mass is 10.2. The van der Waals surface area contributed by atoms with Crippen molar-refractivity contribution >= 4 is 33.1 Å². The average Bonchev–Trinajstić information content (AvgIpc) is 3.01. The number of nitrogens with zero attached hydrogens (tertiary/aromatic N) is 1. The molecule has 116 valence electrons. The highest BCUT2D eigenvalue weighted by Crippen LogP contribution is 2.23. The van der Waals surface area contributed by atoms with Crippen LogP contribution in [0, 0.1) is 10.1 Å². The van der Waals surface area contributed by atoms with Crippen LogP contribution in [0.3, 0.4) is 0 Å². The summed E-state index contributed by atoms with van der Waals surface area (Å²) in [4.78, 5) is 22.7.